The highest BCUT2D eigenvalue weighted by atomic mass is 35.5. The Morgan fingerprint density at radius 3 is 2.86 bits per heavy atom. The summed E-state index contributed by atoms with van der Waals surface area (Å²) in [5.41, 5.74) is 5.72. The average molecular weight is 346 g/mol. The lowest BCUT2D eigenvalue weighted by Crippen LogP contribution is -2.31. The van der Waals surface area contributed by atoms with Crippen LogP contribution in [0.3, 0.4) is 0 Å². The highest BCUT2D eigenvalue weighted by Gasteiger charge is 2.20. The van der Waals surface area contributed by atoms with Crippen molar-refractivity contribution in [3.05, 3.63) is 33.5 Å². The maximum atomic E-state index is 5.77. The molecule has 1 unspecified atom stereocenters. The van der Waals surface area contributed by atoms with E-state index in [4.69, 9.17) is 10.5 Å². The van der Waals surface area contributed by atoms with Crippen molar-refractivity contribution in [3.8, 4) is 0 Å². The van der Waals surface area contributed by atoms with Crippen molar-refractivity contribution in [2.75, 3.05) is 18.9 Å². The zero-order valence-corrected chi connectivity index (χ0v) is 14.2. The van der Waals surface area contributed by atoms with E-state index in [0.717, 1.165) is 26.2 Å². The molecular formula is C14H20ClN3OS2. The van der Waals surface area contributed by atoms with Crippen LogP contribution in [0.4, 0.5) is 5.13 Å². The maximum absolute atomic E-state index is 5.77. The zero-order chi connectivity index (χ0) is 13.8. The van der Waals surface area contributed by atoms with Crippen LogP contribution in [0, 0.1) is 0 Å². The van der Waals surface area contributed by atoms with Gasteiger partial charge in [0.05, 0.1) is 6.10 Å². The van der Waals surface area contributed by atoms with E-state index in [1.54, 1.807) is 22.7 Å². The van der Waals surface area contributed by atoms with Crippen molar-refractivity contribution in [3.63, 3.8) is 0 Å². The van der Waals surface area contributed by atoms with Gasteiger partial charge in [0.15, 0.2) is 5.13 Å². The number of aromatic nitrogens is 1. The highest BCUT2D eigenvalue weighted by Crippen LogP contribution is 2.21. The number of nitrogens with two attached hydrogens (primary N) is 1. The molecule has 0 aliphatic carbocycles. The second kappa shape index (κ2) is 8.10. The first kappa shape index (κ1) is 16.7. The molecule has 0 bridgehead atoms. The fourth-order valence-electron chi connectivity index (χ4n) is 2.50. The Labute approximate surface area is 139 Å². The van der Waals surface area contributed by atoms with Gasteiger partial charge >= 0.3 is 0 Å². The number of hydrogen-bond donors (Lipinski definition) is 1. The van der Waals surface area contributed by atoms with Crippen LogP contribution in [-0.2, 0) is 17.8 Å². The minimum atomic E-state index is 0. The molecule has 1 aliphatic rings. The number of nitrogen functional groups attached to an aromatic ring is 1. The van der Waals surface area contributed by atoms with E-state index >= 15 is 0 Å². The smallest absolute Gasteiger partial charge is 0.180 e. The SMILES string of the molecule is Cl.Nc1ncc(CN(Cc2cccs2)CC2CCCO2)s1. The van der Waals surface area contributed by atoms with Gasteiger partial charge in [-0.3, -0.25) is 4.90 Å². The van der Waals surface area contributed by atoms with E-state index < -0.39 is 0 Å². The van der Waals surface area contributed by atoms with E-state index in [1.807, 2.05) is 6.20 Å². The maximum Gasteiger partial charge on any atom is 0.180 e. The predicted molar refractivity (Wildman–Crippen MR) is 91.2 cm³/mol. The Morgan fingerprint density at radius 1 is 1.38 bits per heavy atom. The topological polar surface area (TPSA) is 51.4 Å². The van der Waals surface area contributed by atoms with Gasteiger partial charge in [-0.1, -0.05) is 6.07 Å². The van der Waals surface area contributed by atoms with E-state index in [0.29, 0.717) is 11.2 Å². The molecule has 2 aromatic rings. The average Bonchev–Trinajstić information content (AvgIpc) is 3.13. The third-order valence-electron chi connectivity index (χ3n) is 3.40. The van der Waals surface area contributed by atoms with Crippen molar-refractivity contribution in [1.82, 2.24) is 9.88 Å². The van der Waals surface area contributed by atoms with Gasteiger partial charge in [0.25, 0.3) is 0 Å². The normalized spacial score (nSPS) is 18.0. The third kappa shape index (κ3) is 4.93. The molecule has 0 spiro atoms. The van der Waals surface area contributed by atoms with Crippen LogP contribution in [-0.4, -0.2) is 29.1 Å². The second-order valence-corrected chi connectivity index (χ2v) is 7.23. The molecule has 3 rings (SSSR count). The van der Waals surface area contributed by atoms with Crippen molar-refractivity contribution >= 4 is 40.2 Å². The molecule has 7 heteroatoms. The van der Waals surface area contributed by atoms with Gasteiger partial charge in [-0.25, -0.2) is 4.98 Å². The lowest BCUT2D eigenvalue weighted by atomic mass is 10.2. The monoisotopic (exact) mass is 345 g/mol. The molecule has 0 amide bonds. The predicted octanol–water partition coefficient (Wildman–Crippen LogP) is 3.39. The summed E-state index contributed by atoms with van der Waals surface area (Å²) in [5, 5.41) is 2.78. The summed E-state index contributed by atoms with van der Waals surface area (Å²) in [6.45, 7) is 3.75. The summed E-state index contributed by atoms with van der Waals surface area (Å²) in [6.07, 6.45) is 4.62. The number of nitrogens with zero attached hydrogens (tertiary/aromatic N) is 2. The molecule has 3 heterocycles. The van der Waals surface area contributed by atoms with Crippen molar-refractivity contribution in [2.24, 2.45) is 0 Å². The molecule has 1 fully saturated rings. The number of rotatable bonds is 6. The van der Waals surface area contributed by atoms with Crippen molar-refractivity contribution < 1.29 is 4.74 Å². The molecule has 0 radical (unpaired) electrons. The van der Waals surface area contributed by atoms with Gasteiger partial charge in [0, 0.05) is 42.2 Å². The number of anilines is 1. The second-order valence-electron chi connectivity index (χ2n) is 5.05. The molecule has 1 atom stereocenters. The molecular weight excluding hydrogens is 326 g/mol. The van der Waals surface area contributed by atoms with Crippen LogP contribution >= 0.6 is 35.1 Å². The summed E-state index contributed by atoms with van der Waals surface area (Å²) < 4.78 is 5.77. The minimum Gasteiger partial charge on any atom is -0.377 e. The molecule has 2 N–H and O–H groups in total. The Morgan fingerprint density at radius 2 is 2.24 bits per heavy atom. The summed E-state index contributed by atoms with van der Waals surface area (Å²) in [6, 6.07) is 4.29. The molecule has 21 heavy (non-hydrogen) atoms. The van der Waals surface area contributed by atoms with E-state index in [1.165, 1.54) is 22.6 Å². The van der Waals surface area contributed by atoms with Crippen LogP contribution in [0.1, 0.15) is 22.6 Å². The number of hydrogen-bond acceptors (Lipinski definition) is 6. The first-order valence-electron chi connectivity index (χ1n) is 6.86. The summed E-state index contributed by atoms with van der Waals surface area (Å²) in [4.78, 5) is 9.19. The first-order valence-corrected chi connectivity index (χ1v) is 8.56. The van der Waals surface area contributed by atoms with Gasteiger partial charge in [-0.15, -0.1) is 35.1 Å². The summed E-state index contributed by atoms with van der Waals surface area (Å²) in [5.74, 6) is 0. The Kier molecular flexibility index (Phi) is 6.44. The Balaban J connectivity index is 0.00000161. The quantitative estimate of drug-likeness (QED) is 0.871. The van der Waals surface area contributed by atoms with Crippen LogP contribution in [0.5, 0.6) is 0 Å². The third-order valence-corrected chi connectivity index (χ3v) is 5.07. The molecule has 4 nitrogen and oxygen atoms in total. The van der Waals surface area contributed by atoms with Crippen molar-refractivity contribution in [2.45, 2.75) is 32.0 Å². The van der Waals surface area contributed by atoms with Gasteiger partial charge in [-0.2, -0.15) is 0 Å². The van der Waals surface area contributed by atoms with Crippen LogP contribution in [0.25, 0.3) is 0 Å². The van der Waals surface area contributed by atoms with Crippen LogP contribution < -0.4 is 5.73 Å². The van der Waals surface area contributed by atoms with Crippen molar-refractivity contribution in [1.29, 1.82) is 0 Å². The number of ether oxygens (including phenoxy) is 1. The minimum absolute atomic E-state index is 0. The number of thiophene rings is 1. The molecule has 2 aromatic heterocycles. The van der Waals surface area contributed by atoms with Gasteiger partial charge < -0.3 is 10.5 Å². The van der Waals surface area contributed by atoms with Gasteiger partial charge in [0.2, 0.25) is 0 Å². The fraction of sp³-hybridized carbons (Fsp3) is 0.500. The largest absolute Gasteiger partial charge is 0.377 e. The van der Waals surface area contributed by atoms with Crippen LogP contribution in [0.15, 0.2) is 23.7 Å². The molecule has 116 valence electrons. The lowest BCUT2D eigenvalue weighted by molar-refractivity contribution is 0.0686. The molecule has 0 saturated carbocycles. The lowest BCUT2D eigenvalue weighted by Gasteiger charge is -2.24. The first-order chi connectivity index (χ1) is 9.79. The van der Waals surface area contributed by atoms with Gasteiger partial charge in [-0.05, 0) is 24.3 Å². The molecule has 0 aromatic carbocycles. The fourth-order valence-corrected chi connectivity index (χ4v) is 3.97. The number of halogens is 1. The Hall–Kier alpha value is -0.660. The van der Waals surface area contributed by atoms with Crippen LogP contribution in [0.2, 0.25) is 0 Å². The van der Waals surface area contributed by atoms with Gasteiger partial charge in [0.1, 0.15) is 0 Å². The van der Waals surface area contributed by atoms with E-state index in [9.17, 15) is 0 Å². The molecule has 1 saturated heterocycles. The highest BCUT2D eigenvalue weighted by molar-refractivity contribution is 7.15. The Bertz CT molecular complexity index is 526. The zero-order valence-electron chi connectivity index (χ0n) is 11.7. The van der Waals surface area contributed by atoms with E-state index in [2.05, 4.69) is 27.4 Å². The summed E-state index contributed by atoms with van der Waals surface area (Å²) in [7, 11) is 0. The standard InChI is InChI=1S/C14H19N3OS2.ClH/c15-14-16-7-13(20-14)10-17(8-11-3-1-5-18-11)9-12-4-2-6-19-12;/h2,4,6-7,11H,1,3,5,8-10H2,(H2,15,16);1H. The molecule has 1 aliphatic heterocycles. The summed E-state index contributed by atoms with van der Waals surface area (Å²) >= 11 is 3.38. The number of thiazole rings is 1. The van der Waals surface area contributed by atoms with E-state index in [-0.39, 0.29) is 12.4 Å².